The van der Waals surface area contributed by atoms with Crippen molar-refractivity contribution in [3.63, 3.8) is 0 Å². The Bertz CT molecular complexity index is 642. The first-order valence-electron chi connectivity index (χ1n) is 6.66. The molecule has 0 atom stereocenters. The average Bonchev–Trinajstić information content (AvgIpc) is 2.76. The molecule has 21 heavy (non-hydrogen) atoms. The Morgan fingerprint density at radius 3 is 2.38 bits per heavy atom. The van der Waals surface area contributed by atoms with E-state index in [1.54, 1.807) is 0 Å². The van der Waals surface area contributed by atoms with E-state index in [1.807, 2.05) is 23.6 Å². The van der Waals surface area contributed by atoms with E-state index in [9.17, 15) is 4.79 Å². The summed E-state index contributed by atoms with van der Waals surface area (Å²) in [5, 5.41) is 17.5. The van der Waals surface area contributed by atoms with Gasteiger partial charge in [-0.05, 0) is 30.0 Å². The lowest BCUT2D eigenvalue weighted by Crippen LogP contribution is -2.11. The number of hydrogen-bond acceptors (Lipinski definition) is 4. The van der Waals surface area contributed by atoms with Gasteiger partial charge < -0.3 is 5.11 Å². The summed E-state index contributed by atoms with van der Waals surface area (Å²) in [5.41, 5.74) is 2.29. The quantitative estimate of drug-likeness (QED) is 0.879. The van der Waals surface area contributed by atoms with Crippen LogP contribution in [-0.2, 0) is 10.2 Å². The van der Waals surface area contributed by atoms with Crippen molar-refractivity contribution in [3.05, 3.63) is 35.7 Å². The molecule has 1 aromatic carbocycles. The molecule has 0 saturated carbocycles. The van der Waals surface area contributed by atoms with Gasteiger partial charge in [-0.25, -0.2) is 0 Å². The van der Waals surface area contributed by atoms with Gasteiger partial charge in [0.1, 0.15) is 5.82 Å². The third-order valence-corrected chi connectivity index (χ3v) is 4.03. The number of rotatable bonds is 4. The van der Waals surface area contributed by atoms with Crippen LogP contribution in [-0.4, -0.2) is 31.6 Å². The topological polar surface area (TPSA) is 68.0 Å². The van der Waals surface area contributed by atoms with Crippen LogP contribution in [0.1, 0.15) is 32.2 Å². The maximum absolute atomic E-state index is 10.7. The summed E-state index contributed by atoms with van der Waals surface area (Å²) in [5.74, 6) is -0.153. The Morgan fingerprint density at radius 1 is 1.24 bits per heavy atom. The lowest BCUT2D eigenvalue weighted by Gasteiger charge is -2.19. The van der Waals surface area contributed by atoms with Crippen LogP contribution in [0.2, 0.25) is 0 Å². The van der Waals surface area contributed by atoms with Gasteiger partial charge >= 0.3 is 5.97 Å². The molecule has 1 aromatic heterocycles. The molecular weight excluding hydrogens is 286 g/mol. The van der Waals surface area contributed by atoms with Gasteiger partial charge in [0.2, 0.25) is 0 Å². The Balaban J connectivity index is 2.33. The summed E-state index contributed by atoms with van der Waals surface area (Å²) in [6, 6.07) is 8.20. The summed E-state index contributed by atoms with van der Waals surface area (Å²) in [6.45, 7) is 8.36. The third kappa shape index (κ3) is 3.64. The van der Waals surface area contributed by atoms with E-state index in [4.69, 9.17) is 5.11 Å². The SMILES string of the molecule is Cc1nnc(SCC(=O)O)n1-c1ccc(C(C)(C)C)cc1. The molecule has 0 saturated heterocycles. The zero-order valence-electron chi connectivity index (χ0n) is 12.6. The standard InChI is InChI=1S/C15H19N3O2S/c1-10-16-17-14(21-9-13(19)20)18(10)12-7-5-11(6-8-12)15(2,3)4/h5-8H,9H2,1-4H3,(H,19,20). The van der Waals surface area contributed by atoms with E-state index in [0.717, 1.165) is 11.5 Å². The monoisotopic (exact) mass is 305 g/mol. The molecule has 5 nitrogen and oxygen atoms in total. The number of carbonyl (C=O) groups is 1. The van der Waals surface area contributed by atoms with E-state index >= 15 is 0 Å². The minimum absolute atomic E-state index is 0.0296. The van der Waals surface area contributed by atoms with Gasteiger partial charge in [-0.15, -0.1) is 10.2 Å². The molecule has 0 aliphatic carbocycles. The van der Waals surface area contributed by atoms with Crippen LogP contribution in [0.15, 0.2) is 29.4 Å². The van der Waals surface area contributed by atoms with E-state index in [-0.39, 0.29) is 11.2 Å². The Labute approximate surface area is 128 Å². The van der Waals surface area contributed by atoms with E-state index < -0.39 is 5.97 Å². The van der Waals surface area contributed by atoms with Gasteiger partial charge in [0.15, 0.2) is 5.16 Å². The number of aromatic nitrogens is 3. The minimum Gasteiger partial charge on any atom is -0.481 e. The average molecular weight is 305 g/mol. The third-order valence-electron chi connectivity index (χ3n) is 3.11. The first kappa shape index (κ1) is 15.6. The zero-order valence-corrected chi connectivity index (χ0v) is 13.4. The highest BCUT2D eigenvalue weighted by Crippen LogP contribution is 2.26. The summed E-state index contributed by atoms with van der Waals surface area (Å²) >= 11 is 1.17. The maximum atomic E-state index is 10.7. The van der Waals surface area contributed by atoms with Crippen molar-refractivity contribution in [1.29, 1.82) is 0 Å². The number of hydrogen-bond donors (Lipinski definition) is 1. The van der Waals surface area contributed by atoms with E-state index in [1.165, 1.54) is 17.3 Å². The Morgan fingerprint density at radius 2 is 1.86 bits per heavy atom. The first-order chi connectivity index (χ1) is 9.79. The smallest absolute Gasteiger partial charge is 0.313 e. The van der Waals surface area contributed by atoms with Crippen LogP contribution >= 0.6 is 11.8 Å². The second-order valence-corrected chi connectivity index (χ2v) is 6.79. The van der Waals surface area contributed by atoms with Crippen LogP contribution in [0.5, 0.6) is 0 Å². The van der Waals surface area contributed by atoms with Gasteiger partial charge in [0.05, 0.1) is 5.75 Å². The fraction of sp³-hybridized carbons (Fsp3) is 0.400. The van der Waals surface area contributed by atoms with E-state index in [2.05, 4.69) is 43.1 Å². The highest BCUT2D eigenvalue weighted by molar-refractivity contribution is 7.99. The molecule has 6 heteroatoms. The molecule has 0 aliphatic heterocycles. The highest BCUT2D eigenvalue weighted by atomic mass is 32.2. The van der Waals surface area contributed by atoms with Crippen molar-refractivity contribution < 1.29 is 9.90 Å². The predicted molar refractivity (Wildman–Crippen MR) is 83.2 cm³/mol. The van der Waals surface area contributed by atoms with Gasteiger partial charge in [-0.3, -0.25) is 9.36 Å². The number of carboxylic acid groups (broad SMARTS) is 1. The van der Waals surface area contributed by atoms with Crippen molar-refractivity contribution in [3.8, 4) is 5.69 Å². The largest absolute Gasteiger partial charge is 0.481 e. The van der Waals surface area contributed by atoms with Crippen LogP contribution in [0.25, 0.3) is 5.69 Å². The molecule has 1 heterocycles. The molecule has 0 bridgehead atoms. The molecule has 0 fully saturated rings. The van der Waals surface area contributed by atoms with Crippen LogP contribution in [0.4, 0.5) is 0 Å². The lowest BCUT2D eigenvalue weighted by molar-refractivity contribution is -0.133. The van der Waals surface area contributed by atoms with Crippen molar-refractivity contribution in [2.45, 2.75) is 38.3 Å². The fourth-order valence-electron chi connectivity index (χ4n) is 1.97. The molecule has 1 N–H and O–H groups in total. The summed E-state index contributed by atoms with van der Waals surface area (Å²) in [7, 11) is 0. The number of nitrogens with zero attached hydrogens (tertiary/aromatic N) is 3. The van der Waals surface area contributed by atoms with Crippen molar-refractivity contribution in [2.75, 3.05) is 5.75 Å². The predicted octanol–water partition coefficient (Wildman–Crippen LogP) is 3.05. The van der Waals surface area contributed by atoms with Gasteiger partial charge in [-0.2, -0.15) is 0 Å². The second-order valence-electron chi connectivity index (χ2n) is 5.84. The number of thioether (sulfide) groups is 1. The number of aliphatic carboxylic acids is 1. The normalized spacial score (nSPS) is 11.6. The summed E-state index contributed by atoms with van der Waals surface area (Å²) in [6.07, 6.45) is 0. The minimum atomic E-state index is -0.865. The first-order valence-corrected chi connectivity index (χ1v) is 7.65. The molecule has 0 aliphatic rings. The van der Waals surface area contributed by atoms with Crippen molar-refractivity contribution >= 4 is 17.7 Å². The van der Waals surface area contributed by atoms with Gasteiger partial charge in [0.25, 0.3) is 0 Å². The summed E-state index contributed by atoms with van der Waals surface area (Å²) < 4.78 is 1.88. The fourth-order valence-corrected chi connectivity index (χ4v) is 2.69. The molecule has 2 rings (SSSR count). The number of carboxylic acids is 1. The molecule has 112 valence electrons. The second kappa shape index (κ2) is 5.89. The molecule has 0 spiro atoms. The number of aryl methyl sites for hydroxylation is 1. The van der Waals surface area contributed by atoms with Crippen LogP contribution in [0, 0.1) is 6.92 Å². The highest BCUT2D eigenvalue weighted by Gasteiger charge is 2.16. The molecule has 0 amide bonds. The Kier molecular flexibility index (Phi) is 4.37. The number of benzene rings is 1. The van der Waals surface area contributed by atoms with E-state index in [0.29, 0.717) is 5.16 Å². The van der Waals surface area contributed by atoms with Crippen LogP contribution in [0.3, 0.4) is 0 Å². The molecule has 0 radical (unpaired) electrons. The van der Waals surface area contributed by atoms with Gasteiger partial charge in [0, 0.05) is 5.69 Å². The molecule has 2 aromatic rings. The maximum Gasteiger partial charge on any atom is 0.313 e. The van der Waals surface area contributed by atoms with Gasteiger partial charge in [-0.1, -0.05) is 44.7 Å². The lowest BCUT2D eigenvalue weighted by atomic mass is 9.87. The molecular formula is C15H19N3O2S. The molecule has 0 unspecified atom stereocenters. The summed E-state index contributed by atoms with van der Waals surface area (Å²) in [4.78, 5) is 10.7. The Hall–Kier alpha value is -1.82. The zero-order chi connectivity index (χ0) is 15.6. The van der Waals surface area contributed by atoms with Crippen LogP contribution < -0.4 is 0 Å². The van der Waals surface area contributed by atoms with Crippen molar-refractivity contribution in [2.24, 2.45) is 0 Å². The van der Waals surface area contributed by atoms with Crippen molar-refractivity contribution in [1.82, 2.24) is 14.8 Å².